The number of carbonyl (C=O) groups excluding carboxylic acids is 1. The highest BCUT2D eigenvalue weighted by Crippen LogP contribution is 2.76. The van der Waals surface area contributed by atoms with E-state index in [0.29, 0.717) is 17.6 Å². The summed E-state index contributed by atoms with van der Waals surface area (Å²) in [5, 5.41) is 0.581. The van der Waals surface area contributed by atoms with Gasteiger partial charge in [-0.15, -0.1) is 0 Å². The predicted molar refractivity (Wildman–Crippen MR) is 133 cm³/mol. The van der Waals surface area contributed by atoms with Crippen molar-refractivity contribution in [1.29, 1.82) is 0 Å². The maximum Gasteiger partial charge on any atom is 0.156 e. The van der Waals surface area contributed by atoms with Crippen LogP contribution >= 0.6 is 10.0 Å². The molecule has 3 saturated heterocycles. The fraction of sp³-hybridized carbons (Fsp3) is 0.536. The van der Waals surface area contributed by atoms with Gasteiger partial charge in [0.05, 0.1) is 19.7 Å². The Labute approximate surface area is 198 Å². The summed E-state index contributed by atoms with van der Waals surface area (Å²) in [5.41, 5.74) is 6.59. The van der Waals surface area contributed by atoms with Crippen LogP contribution in [-0.4, -0.2) is 41.9 Å². The number of ether oxygens (including phenoxy) is 3. The lowest BCUT2D eigenvalue weighted by Gasteiger charge is -2.50. The quantitative estimate of drug-likeness (QED) is 0.502. The SMILES string of the molecule is C=C1CCO[C@]12CCC1C3CCC4=CC(=O)CCC4=C3[C@@H](c3ccc(OC)cc3)OCS12C. The molecule has 3 unspecified atom stereocenters. The van der Waals surface area contributed by atoms with Gasteiger partial charge in [-0.25, -0.2) is 0 Å². The second kappa shape index (κ2) is 7.86. The van der Waals surface area contributed by atoms with Crippen LogP contribution in [0.15, 0.2) is 59.2 Å². The monoisotopic (exact) mass is 466 g/mol. The molecule has 0 radical (unpaired) electrons. The molecule has 3 heterocycles. The van der Waals surface area contributed by atoms with Crippen LogP contribution in [0, 0.1) is 5.92 Å². The minimum atomic E-state index is -1.23. The molecular weight excluding hydrogens is 432 g/mol. The van der Waals surface area contributed by atoms with Crippen molar-refractivity contribution in [3.63, 3.8) is 0 Å². The van der Waals surface area contributed by atoms with E-state index < -0.39 is 10.0 Å². The molecule has 1 aromatic carbocycles. The van der Waals surface area contributed by atoms with Gasteiger partial charge in [0.2, 0.25) is 0 Å². The molecule has 0 aromatic heterocycles. The predicted octanol–water partition coefficient (Wildman–Crippen LogP) is 5.99. The average Bonchev–Trinajstić information content (AvgIpc) is 3.30. The van der Waals surface area contributed by atoms with Gasteiger partial charge in [0.25, 0.3) is 0 Å². The van der Waals surface area contributed by atoms with Crippen molar-refractivity contribution in [2.75, 3.05) is 25.9 Å². The molecule has 33 heavy (non-hydrogen) atoms. The molecule has 1 spiro atoms. The molecule has 4 nitrogen and oxygen atoms in total. The lowest BCUT2D eigenvalue weighted by Crippen LogP contribution is -2.38. The molecule has 5 heteroatoms. The van der Waals surface area contributed by atoms with Crippen molar-refractivity contribution in [3.8, 4) is 5.75 Å². The molecule has 2 aliphatic carbocycles. The van der Waals surface area contributed by atoms with Crippen molar-refractivity contribution >= 4 is 15.8 Å². The van der Waals surface area contributed by atoms with E-state index in [2.05, 4.69) is 25.0 Å². The summed E-state index contributed by atoms with van der Waals surface area (Å²) in [5.74, 6) is 2.36. The molecule has 176 valence electrons. The van der Waals surface area contributed by atoms with Crippen LogP contribution in [-0.2, 0) is 14.3 Å². The van der Waals surface area contributed by atoms with Crippen LogP contribution in [0.4, 0.5) is 0 Å². The summed E-state index contributed by atoms with van der Waals surface area (Å²) in [6.45, 7) is 5.29. The Bertz CT molecular complexity index is 1070. The normalized spacial score (nSPS) is 39.9. The topological polar surface area (TPSA) is 44.8 Å². The van der Waals surface area contributed by atoms with Crippen LogP contribution < -0.4 is 4.74 Å². The first-order valence-corrected chi connectivity index (χ1v) is 14.5. The van der Waals surface area contributed by atoms with E-state index in [9.17, 15) is 4.79 Å². The van der Waals surface area contributed by atoms with E-state index in [1.807, 2.05) is 18.2 Å². The van der Waals surface area contributed by atoms with Gasteiger partial charge in [-0.3, -0.25) is 4.79 Å². The van der Waals surface area contributed by atoms with E-state index in [0.717, 1.165) is 50.4 Å². The van der Waals surface area contributed by atoms with Crippen molar-refractivity contribution in [2.24, 2.45) is 5.92 Å². The molecule has 0 N–H and O–H groups in total. The second-order valence-corrected chi connectivity index (χ2v) is 14.2. The Morgan fingerprint density at radius 3 is 2.67 bits per heavy atom. The maximum absolute atomic E-state index is 12.2. The van der Waals surface area contributed by atoms with Crippen LogP contribution in [0.1, 0.15) is 56.6 Å². The van der Waals surface area contributed by atoms with E-state index in [1.165, 1.54) is 34.3 Å². The number of hydrogen-bond donors (Lipinski definition) is 0. The molecule has 6 rings (SSSR count). The third-order valence-corrected chi connectivity index (χ3v) is 13.5. The third kappa shape index (κ3) is 3.08. The Kier molecular flexibility index (Phi) is 5.17. The fourth-order valence-electron chi connectivity index (χ4n) is 7.26. The number of carbonyl (C=O) groups is 1. The number of allylic oxidation sites excluding steroid dienone is 3. The number of methoxy groups -OCH3 is 1. The summed E-state index contributed by atoms with van der Waals surface area (Å²) in [6.07, 6.45) is 11.1. The highest BCUT2D eigenvalue weighted by atomic mass is 32.3. The highest BCUT2D eigenvalue weighted by molar-refractivity contribution is 8.34. The Balaban J connectivity index is 1.51. The van der Waals surface area contributed by atoms with E-state index in [-0.39, 0.29) is 16.8 Å². The van der Waals surface area contributed by atoms with Gasteiger partial charge >= 0.3 is 0 Å². The summed E-state index contributed by atoms with van der Waals surface area (Å²) in [4.78, 5) is 12.1. The lowest BCUT2D eigenvalue weighted by molar-refractivity contribution is -0.114. The number of hydrogen-bond acceptors (Lipinski definition) is 4. The van der Waals surface area contributed by atoms with Crippen LogP contribution in [0.3, 0.4) is 0 Å². The molecular formula is C28H34O4S. The van der Waals surface area contributed by atoms with Gasteiger partial charge in [-0.1, -0.05) is 18.7 Å². The number of ketones is 1. The molecule has 5 aliphatic rings. The van der Waals surface area contributed by atoms with Gasteiger partial charge in [0.15, 0.2) is 5.78 Å². The van der Waals surface area contributed by atoms with Gasteiger partial charge in [0, 0.05) is 11.7 Å². The zero-order valence-electron chi connectivity index (χ0n) is 19.7. The molecule has 1 aromatic rings. The lowest BCUT2D eigenvalue weighted by atomic mass is 9.71. The number of benzene rings is 1. The molecule has 3 aliphatic heterocycles. The van der Waals surface area contributed by atoms with Crippen molar-refractivity contribution in [2.45, 2.75) is 61.2 Å². The van der Waals surface area contributed by atoms with Crippen LogP contribution in [0.5, 0.6) is 5.75 Å². The van der Waals surface area contributed by atoms with Crippen molar-refractivity contribution in [1.82, 2.24) is 0 Å². The zero-order valence-corrected chi connectivity index (χ0v) is 20.5. The zero-order chi connectivity index (χ0) is 22.8. The van der Waals surface area contributed by atoms with E-state index in [1.54, 1.807) is 7.11 Å². The van der Waals surface area contributed by atoms with Gasteiger partial charge in [-0.05, 0) is 96.8 Å². The number of rotatable bonds is 2. The van der Waals surface area contributed by atoms with Crippen molar-refractivity contribution < 1.29 is 19.0 Å². The van der Waals surface area contributed by atoms with E-state index in [4.69, 9.17) is 14.2 Å². The van der Waals surface area contributed by atoms with Crippen molar-refractivity contribution in [3.05, 3.63) is 64.8 Å². The Morgan fingerprint density at radius 2 is 1.94 bits per heavy atom. The summed E-state index contributed by atoms with van der Waals surface area (Å²) >= 11 is 0. The van der Waals surface area contributed by atoms with Crippen LogP contribution in [0.25, 0.3) is 0 Å². The maximum atomic E-state index is 12.2. The van der Waals surface area contributed by atoms with Gasteiger partial charge < -0.3 is 14.2 Å². The smallest absolute Gasteiger partial charge is 0.156 e. The Hall–Kier alpha value is -1.82. The average molecular weight is 467 g/mol. The molecule has 5 atom stereocenters. The summed E-state index contributed by atoms with van der Waals surface area (Å²) < 4.78 is 19.0. The molecule has 0 bridgehead atoms. The molecule has 3 fully saturated rings. The highest BCUT2D eigenvalue weighted by Gasteiger charge is 2.62. The molecule has 0 amide bonds. The van der Waals surface area contributed by atoms with Gasteiger partial charge in [0.1, 0.15) is 16.8 Å². The first kappa shape index (κ1) is 21.7. The summed E-state index contributed by atoms with van der Waals surface area (Å²) in [7, 11) is 0.469. The largest absolute Gasteiger partial charge is 0.497 e. The van der Waals surface area contributed by atoms with E-state index >= 15 is 0 Å². The second-order valence-electron chi connectivity index (χ2n) is 10.3. The van der Waals surface area contributed by atoms with Gasteiger partial charge in [-0.2, -0.15) is 10.0 Å². The fourth-order valence-corrected chi connectivity index (χ4v) is 11.9. The standard InChI is InChI=1S/C28H34O4S/c1-18-13-15-32-28(18)14-12-25-24-10-6-20-16-21(29)7-11-23(20)26(24)27(31-17-33(25,28)3)19-4-8-22(30-2)9-5-19/h4-5,8-9,16,24-25,27H,1,6-7,10-15,17H2,2-3H3/t24?,25?,27-,28+/m1/s1. The minimum absolute atomic E-state index is 0.0746. The Morgan fingerprint density at radius 1 is 1.12 bits per heavy atom. The molecule has 0 saturated carbocycles. The first-order valence-electron chi connectivity index (χ1n) is 12.3. The van der Waals surface area contributed by atoms with Crippen LogP contribution in [0.2, 0.25) is 0 Å². The summed E-state index contributed by atoms with van der Waals surface area (Å²) in [6, 6.07) is 8.37. The minimum Gasteiger partial charge on any atom is -0.497 e. The number of fused-ring (bicyclic) bond motifs is 5. The third-order valence-electron chi connectivity index (χ3n) is 8.90. The first-order chi connectivity index (χ1) is 16.0.